The quantitative estimate of drug-likeness (QED) is 0.847. The number of nitrogens with one attached hydrogen (secondary N) is 2. The van der Waals surface area contributed by atoms with Crippen molar-refractivity contribution in [1.29, 1.82) is 0 Å². The molecule has 0 unspecified atom stereocenters. The van der Waals surface area contributed by atoms with Crippen molar-refractivity contribution in [3.63, 3.8) is 0 Å². The molecule has 2 rings (SSSR count). The van der Waals surface area contributed by atoms with Crippen molar-refractivity contribution < 1.29 is 4.74 Å². The largest absolute Gasteiger partial charge is 0.497 e. The van der Waals surface area contributed by atoms with Gasteiger partial charge in [-0.15, -0.1) is 0 Å². The summed E-state index contributed by atoms with van der Waals surface area (Å²) in [6.45, 7) is 4.44. The molecule has 5 nitrogen and oxygen atoms in total. The number of ether oxygens (including phenoxy) is 1. The van der Waals surface area contributed by atoms with Gasteiger partial charge in [-0.2, -0.15) is 0 Å². The van der Waals surface area contributed by atoms with Gasteiger partial charge < -0.3 is 15.4 Å². The topological polar surface area (TPSA) is 59.1 Å². The maximum Gasteiger partial charge on any atom is 0.171 e. The molecule has 0 bridgehead atoms. The van der Waals surface area contributed by atoms with E-state index in [9.17, 15) is 0 Å². The Balaban J connectivity index is 1.91. The molecule has 2 N–H and O–H groups in total. The van der Waals surface area contributed by atoms with Gasteiger partial charge in [0, 0.05) is 11.9 Å². The zero-order valence-electron chi connectivity index (χ0n) is 12.3. The average Bonchev–Trinajstić information content (AvgIpc) is 2.48. The standard InChI is InChI=1S/C15H18N4OS/c1-10-6-13(20-3)4-5-14(10)19-15(21)18-9-12-8-16-11(2)7-17-12/h4-8H,9H2,1-3H3,(H2,18,19,21). The van der Waals surface area contributed by atoms with Gasteiger partial charge in [-0.3, -0.25) is 9.97 Å². The molecule has 0 aliphatic rings. The Morgan fingerprint density at radius 3 is 2.67 bits per heavy atom. The van der Waals surface area contributed by atoms with Crippen LogP contribution in [0, 0.1) is 13.8 Å². The highest BCUT2D eigenvalue weighted by Crippen LogP contribution is 2.20. The smallest absolute Gasteiger partial charge is 0.171 e. The SMILES string of the molecule is COc1ccc(NC(=S)NCc2cnc(C)cn2)c(C)c1. The van der Waals surface area contributed by atoms with E-state index in [1.165, 1.54) is 0 Å². The van der Waals surface area contributed by atoms with E-state index in [1.807, 2.05) is 32.0 Å². The highest BCUT2D eigenvalue weighted by atomic mass is 32.1. The normalized spacial score (nSPS) is 10.0. The minimum atomic E-state index is 0.536. The summed E-state index contributed by atoms with van der Waals surface area (Å²) >= 11 is 5.28. The number of aromatic nitrogens is 2. The van der Waals surface area contributed by atoms with Gasteiger partial charge in [-0.05, 0) is 49.8 Å². The summed E-state index contributed by atoms with van der Waals surface area (Å²) in [5.74, 6) is 0.826. The maximum atomic E-state index is 5.28. The molecule has 110 valence electrons. The first-order chi connectivity index (χ1) is 10.1. The zero-order valence-corrected chi connectivity index (χ0v) is 13.1. The van der Waals surface area contributed by atoms with Crippen LogP contribution in [0.5, 0.6) is 5.75 Å². The van der Waals surface area contributed by atoms with Crippen molar-refractivity contribution in [2.75, 3.05) is 12.4 Å². The summed E-state index contributed by atoms with van der Waals surface area (Å²) in [6.07, 6.45) is 3.48. The van der Waals surface area contributed by atoms with Crippen LogP contribution in [-0.4, -0.2) is 22.2 Å². The third-order valence-electron chi connectivity index (χ3n) is 2.95. The Bertz CT molecular complexity index is 628. The number of thiocarbonyl (C=S) groups is 1. The predicted molar refractivity (Wildman–Crippen MR) is 87.6 cm³/mol. The van der Waals surface area contributed by atoms with Gasteiger partial charge in [0.1, 0.15) is 5.75 Å². The van der Waals surface area contributed by atoms with E-state index in [0.29, 0.717) is 11.7 Å². The van der Waals surface area contributed by atoms with Crippen LogP contribution in [0.4, 0.5) is 5.69 Å². The minimum absolute atomic E-state index is 0.536. The van der Waals surface area contributed by atoms with E-state index >= 15 is 0 Å². The molecule has 1 aromatic carbocycles. The van der Waals surface area contributed by atoms with Crippen LogP contribution in [0.2, 0.25) is 0 Å². The fraction of sp³-hybridized carbons (Fsp3) is 0.267. The van der Waals surface area contributed by atoms with Crippen LogP contribution in [0.1, 0.15) is 17.0 Å². The van der Waals surface area contributed by atoms with Gasteiger partial charge in [0.05, 0.1) is 31.2 Å². The van der Waals surface area contributed by atoms with Gasteiger partial charge in [-0.1, -0.05) is 0 Å². The summed E-state index contributed by atoms with van der Waals surface area (Å²) in [5, 5.41) is 6.82. The average molecular weight is 302 g/mol. The lowest BCUT2D eigenvalue weighted by molar-refractivity contribution is 0.414. The van der Waals surface area contributed by atoms with Crippen molar-refractivity contribution in [3.05, 3.63) is 47.5 Å². The molecule has 0 amide bonds. The van der Waals surface area contributed by atoms with Crippen molar-refractivity contribution in [2.45, 2.75) is 20.4 Å². The van der Waals surface area contributed by atoms with Gasteiger partial charge >= 0.3 is 0 Å². The van der Waals surface area contributed by atoms with Gasteiger partial charge in [0.2, 0.25) is 0 Å². The number of aryl methyl sites for hydroxylation is 2. The fourth-order valence-corrected chi connectivity index (χ4v) is 1.93. The summed E-state index contributed by atoms with van der Waals surface area (Å²) in [5.41, 5.74) is 3.75. The Morgan fingerprint density at radius 2 is 2.05 bits per heavy atom. The number of anilines is 1. The van der Waals surface area contributed by atoms with Crippen LogP contribution in [0.15, 0.2) is 30.6 Å². The molecule has 0 saturated heterocycles. The molecule has 1 aromatic heterocycles. The first-order valence-corrected chi connectivity index (χ1v) is 6.96. The molecule has 1 heterocycles. The molecule has 0 radical (unpaired) electrons. The number of benzene rings is 1. The maximum absolute atomic E-state index is 5.28. The zero-order chi connectivity index (χ0) is 15.2. The Kier molecular flexibility index (Phi) is 5.05. The van der Waals surface area contributed by atoms with E-state index < -0.39 is 0 Å². The molecule has 0 aliphatic carbocycles. The van der Waals surface area contributed by atoms with E-state index in [2.05, 4.69) is 20.6 Å². The molecule has 6 heteroatoms. The second-order valence-electron chi connectivity index (χ2n) is 4.64. The summed E-state index contributed by atoms with van der Waals surface area (Å²) in [4.78, 5) is 8.46. The van der Waals surface area contributed by atoms with Crippen molar-refractivity contribution in [1.82, 2.24) is 15.3 Å². The number of hydrogen-bond acceptors (Lipinski definition) is 4. The van der Waals surface area contributed by atoms with E-state index in [0.717, 1.165) is 28.4 Å². The molecule has 0 aliphatic heterocycles. The lowest BCUT2D eigenvalue weighted by atomic mass is 10.2. The Labute approximate surface area is 129 Å². The van der Waals surface area contributed by atoms with E-state index in [1.54, 1.807) is 19.5 Å². The number of hydrogen-bond donors (Lipinski definition) is 2. The molecule has 0 saturated carbocycles. The number of nitrogens with zero attached hydrogens (tertiary/aromatic N) is 2. The van der Waals surface area contributed by atoms with Crippen molar-refractivity contribution in [2.24, 2.45) is 0 Å². The van der Waals surface area contributed by atoms with Crippen LogP contribution in [-0.2, 0) is 6.54 Å². The highest BCUT2D eigenvalue weighted by molar-refractivity contribution is 7.80. The third-order valence-corrected chi connectivity index (χ3v) is 3.19. The number of methoxy groups -OCH3 is 1. The molecular formula is C15H18N4OS. The van der Waals surface area contributed by atoms with Crippen LogP contribution >= 0.6 is 12.2 Å². The molecule has 2 aromatic rings. The molecule has 0 fully saturated rings. The molecule has 21 heavy (non-hydrogen) atoms. The predicted octanol–water partition coefficient (Wildman–Crippen LogP) is 2.59. The van der Waals surface area contributed by atoms with E-state index in [-0.39, 0.29) is 0 Å². The highest BCUT2D eigenvalue weighted by Gasteiger charge is 2.03. The summed E-state index contributed by atoms with van der Waals surface area (Å²) < 4.78 is 5.18. The first-order valence-electron chi connectivity index (χ1n) is 6.55. The Morgan fingerprint density at radius 1 is 1.24 bits per heavy atom. The Hall–Kier alpha value is -2.21. The third kappa shape index (κ3) is 4.39. The lowest BCUT2D eigenvalue weighted by Gasteiger charge is -2.13. The van der Waals surface area contributed by atoms with Gasteiger partial charge in [0.25, 0.3) is 0 Å². The summed E-state index contributed by atoms with van der Waals surface area (Å²) in [6, 6.07) is 5.79. The van der Waals surface area contributed by atoms with Crippen LogP contribution in [0.3, 0.4) is 0 Å². The van der Waals surface area contributed by atoms with Gasteiger partial charge in [0.15, 0.2) is 5.11 Å². The minimum Gasteiger partial charge on any atom is -0.497 e. The van der Waals surface area contributed by atoms with Crippen LogP contribution < -0.4 is 15.4 Å². The molecular weight excluding hydrogens is 284 g/mol. The second-order valence-corrected chi connectivity index (χ2v) is 5.05. The summed E-state index contributed by atoms with van der Waals surface area (Å²) in [7, 11) is 1.65. The fourth-order valence-electron chi connectivity index (χ4n) is 1.75. The molecule has 0 spiro atoms. The number of rotatable bonds is 4. The second kappa shape index (κ2) is 6.99. The monoisotopic (exact) mass is 302 g/mol. The van der Waals surface area contributed by atoms with Crippen LogP contribution in [0.25, 0.3) is 0 Å². The van der Waals surface area contributed by atoms with Crippen molar-refractivity contribution in [3.8, 4) is 5.75 Å². The van der Waals surface area contributed by atoms with Crippen molar-refractivity contribution >= 4 is 23.0 Å². The van der Waals surface area contributed by atoms with E-state index in [4.69, 9.17) is 17.0 Å². The molecule has 0 atom stereocenters. The van der Waals surface area contributed by atoms with Gasteiger partial charge in [-0.25, -0.2) is 0 Å². The lowest BCUT2D eigenvalue weighted by Crippen LogP contribution is -2.28. The first kappa shape index (κ1) is 15.2.